The van der Waals surface area contributed by atoms with Gasteiger partial charge in [-0.05, 0) is 53.1 Å². The molecular formula is C27H20ClF4NO4. The van der Waals surface area contributed by atoms with E-state index in [1.807, 2.05) is 0 Å². The molecule has 2 heterocycles. The first kappa shape index (κ1) is 26.4. The number of esters is 1. The van der Waals surface area contributed by atoms with Crippen LogP contribution in [0.15, 0.2) is 77.7 Å². The monoisotopic (exact) mass is 533 g/mol. The number of alkyl halides is 3. The predicted octanol–water partition coefficient (Wildman–Crippen LogP) is 6.10. The number of fused-ring (bicyclic) bond motifs is 1. The molecule has 0 saturated heterocycles. The van der Waals surface area contributed by atoms with Gasteiger partial charge in [0.05, 0.1) is 18.2 Å². The molecule has 0 amide bonds. The molecule has 0 spiro atoms. The Balaban J connectivity index is 1.81. The molecule has 0 fully saturated rings. The molecular weight excluding hydrogens is 514 g/mol. The molecule has 2 atom stereocenters. The Labute approximate surface area is 213 Å². The smallest absolute Gasteiger partial charge is 0.422 e. The Morgan fingerprint density at radius 3 is 2.32 bits per heavy atom. The van der Waals surface area contributed by atoms with Crippen LogP contribution >= 0.6 is 11.6 Å². The van der Waals surface area contributed by atoms with Gasteiger partial charge in [-0.3, -0.25) is 9.20 Å². The lowest BCUT2D eigenvalue weighted by Crippen LogP contribution is -2.47. The number of nitrogens with zero attached hydrogens (tertiary/aromatic N) is 1. The van der Waals surface area contributed by atoms with Gasteiger partial charge in [-0.25, -0.2) is 9.18 Å². The zero-order chi connectivity index (χ0) is 27.1. The highest BCUT2D eigenvalue weighted by molar-refractivity contribution is 6.31. The largest absolute Gasteiger partial charge is 0.465 e. The summed E-state index contributed by atoms with van der Waals surface area (Å²) in [4.78, 5) is 23.8. The van der Waals surface area contributed by atoms with E-state index in [0.29, 0.717) is 11.1 Å². The molecule has 5 nitrogen and oxygen atoms in total. The molecule has 1 N–H and O–H groups in total. The first-order chi connectivity index (χ1) is 17.4. The quantitative estimate of drug-likeness (QED) is 0.249. The SMILES string of the molecule is COC(=O)c1ccc(-c2ccc(C(C)C(O)(c3ccc(=O)n4ccccc34)C(F)(F)F)c(Cl)c2)cc1F. The number of hydrogen-bond donors (Lipinski definition) is 1. The zero-order valence-electron chi connectivity index (χ0n) is 19.5. The van der Waals surface area contributed by atoms with Crippen LogP contribution in [0.5, 0.6) is 0 Å². The lowest BCUT2D eigenvalue weighted by atomic mass is 9.77. The Bertz CT molecular complexity index is 1570. The number of carbonyl (C=O) groups is 1. The highest BCUT2D eigenvalue weighted by Crippen LogP contribution is 2.50. The molecule has 2 aromatic heterocycles. The van der Waals surface area contributed by atoms with Crippen molar-refractivity contribution >= 4 is 23.1 Å². The zero-order valence-corrected chi connectivity index (χ0v) is 20.3. The minimum atomic E-state index is -5.14. The van der Waals surface area contributed by atoms with Gasteiger partial charge >= 0.3 is 12.1 Å². The number of benzene rings is 2. The maximum Gasteiger partial charge on any atom is 0.422 e. The highest BCUT2D eigenvalue weighted by atomic mass is 35.5. The van der Waals surface area contributed by atoms with E-state index >= 15 is 0 Å². The predicted molar refractivity (Wildman–Crippen MR) is 130 cm³/mol. The van der Waals surface area contributed by atoms with E-state index in [1.54, 1.807) is 0 Å². The third-order valence-electron chi connectivity index (χ3n) is 6.41. The number of pyridine rings is 2. The molecule has 192 valence electrons. The summed E-state index contributed by atoms with van der Waals surface area (Å²) >= 11 is 6.40. The van der Waals surface area contributed by atoms with Crippen molar-refractivity contribution in [3.8, 4) is 11.1 Å². The van der Waals surface area contributed by atoms with Gasteiger partial charge in [0.15, 0.2) is 5.60 Å². The van der Waals surface area contributed by atoms with E-state index in [4.69, 9.17) is 11.6 Å². The number of hydrogen-bond acceptors (Lipinski definition) is 4. The van der Waals surface area contributed by atoms with Crippen LogP contribution in [0.25, 0.3) is 16.6 Å². The number of methoxy groups -OCH3 is 1. The fourth-order valence-corrected chi connectivity index (χ4v) is 4.73. The molecule has 0 bridgehead atoms. The van der Waals surface area contributed by atoms with Gasteiger partial charge in [0.25, 0.3) is 5.56 Å². The Kier molecular flexibility index (Phi) is 6.87. The van der Waals surface area contributed by atoms with Gasteiger partial charge in [-0.1, -0.05) is 42.8 Å². The number of rotatable bonds is 5. The Morgan fingerprint density at radius 2 is 1.70 bits per heavy atom. The Morgan fingerprint density at radius 1 is 1.03 bits per heavy atom. The van der Waals surface area contributed by atoms with Crippen LogP contribution in [0.2, 0.25) is 5.02 Å². The lowest BCUT2D eigenvalue weighted by Gasteiger charge is -2.37. The molecule has 0 aliphatic carbocycles. The standard InChI is InChI=1S/C27H20ClF4NO4/c1-15(26(36,27(30,31)32)20-10-11-24(34)33-12-4-3-5-23(20)33)18-8-6-16(13-21(18)28)17-7-9-19(22(29)14-17)25(35)37-2/h3-15,36H,1-2H3. The maximum atomic E-state index is 14.5. The summed E-state index contributed by atoms with van der Waals surface area (Å²) < 4.78 is 63.6. The minimum Gasteiger partial charge on any atom is -0.465 e. The lowest BCUT2D eigenvalue weighted by molar-refractivity contribution is -0.274. The summed E-state index contributed by atoms with van der Waals surface area (Å²) in [5.41, 5.74) is -4.15. The van der Waals surface area contributed by atoms with Crippen LogP contribution in [0.4, 0.5) is 17.6 Å². The number of halogens is 5. The van der Waals surface area contributed by atoms with E-state index in [0.717, 1.165) is 29.7 Å². The van der Waals surface area contributed by atoms with Gasteiger partial charge in [0.1, 0.15) is 5.82 Å². The maximum absolute atomic E-state index is 14.5. The number of aromatic nitrogens is 1. The molecule has 10 heteroatoms. The first-order valence-corrected chi connectivity index (χ1v) is 11.4. The Hall–Kier alpha value is -3.69. The second-order valence-electron chi connectivity index (χ2n) is 8.45. The van der Waals surface area contributed by atoms with Gasteiger partial charge in [-0.15, -0.1) is 0 Å². The molecule has 2 aromatic carbocycles. The number of ether oxygens (including phenoxy) is 1. The molecule has 4 aromatic rings. The molecule has 0 saturated carbocycles. The second-order valence-corrected chi connectivity index (χ2v) is 8.86. The topological polar surface area (TPSA) is 68.0 Å². The summed E-state index contributed by atoms with van der Waals surface area (Å²) in [6.07, 6.45) is -3.83. The van der Waals surface area contributed by atoms with E-state index in [1.165, 1.54) is 61.7 Å². The van der Waals surface area contributed by atoms with E-state index < -0.39 is 40.6 Å². The summed E-state index contributed by atoms with van der Waals surface area (Å²) in [7, 11) is 1.12. The van der Waals surface area contributed by atoms with Crippen LogP contribution in [-0.2, 0) is 10.3 Å². The molecule has 0 aliphatic heterocycles. The van der Waals surface area contributed by atoms with Crippen LogP contribution in [0.1, 0.15) is 34.3 Å². The molecule has 4 rings (SSSR count). The van der Waals surface area contributed by atoms with Gasteiger partial charge in [-0.2, -0.15) is 13.2 Å². The van der Waals surface area contributed by atoms with Crippen molar-refractivity contribution in [2.75, 3.05) is 7.11 Å². The van der Waals surface area contributed by atoms with E-state index in [9.17, 15) is 32.3 Å². The molecule has 0 radical (unpaired) electrons. The van der Waals surface area contributed by atoms with Gasteiger partial charge in [0, 0.05) is 28.8 Å². The van der Waals surface area contributed by atoms with Crippen LogP contribution < -0.4 is 5.56 Å². The summed E-state index contributed by atoms with van der Waals surface area (Å²) in [6, 6.07) is 14.1. The average Bonchev–Trinajstić information content (AvgIpc) is 2.87. The summed E-state index contributed by atoms with van der Waals surface area (Å²) in [5, 5.41) is 11.2. The summed E-state index contributed by atoms with van der Waals surface area (Å²) in [5.74, 6) is -3.29. The van der Waals surface area contributed by atoms with E-state index in [2.05, 4.69) is 4.74 Å². The van der Waals surface area contributed by atoms with Crippen molar-refractivity contribution in [1.82, 2.24) is 4.40 Å². The van der Waals surface area contributed by atoms with Crippen molar-refractivity contribution in [2.24, 2.45) is 0 Å². The summed E-state index contributed by atoms with van der Waals surface area (Å²) in [6.45, 7) is 1.18. The fraction of sp³-hybridized carbons (Fsp3) is 0.185. The van der Waals surface area contributed by atoms with Crippen molar-refractivity contribution in [2.45, 2.75) is 24.6 Å². The van der Waals surface area contributed by atoms with Crippen molar-refractivity contribution in [3.05, 3.63) is 111 Å². The normalized spacial score (nSPS) is 14.3. The van der Waals surface area contributed by atoms with Gasteiger partial charge < -0.3 is 9.84 Å². The van der Waals surface area contributed by atoms with E-state index in [-0.39, 0.29) is 21.7 Å². The first-order valence-electron chi connectivity index (χ1n) is 11.0. The molecule has 0 aliphatic rings. The minimum absolute atomic E-state index is 0.0165. The number of carbonyl (C=O) groups excluding carboxylic acids is 1. The average molecular weight is 534 g/mol. The highest BCUT2D eigenvalue weighted by Gasteiger charge is 2.59. The van der Waals surface area contributed by atoms with Crippen molar-refractivity contribution in [1.29, 1.82) is 0 Å². The van der Waals surface area contributed by atoms with Gasteiger partial charge in [0.2, 0.25) is 0 Å². The second kappa shape index (κ2) is 9.64. The van der Waals surface area contributed by atoms with Crippen LogP contribution in [0.3, 0.4) is 0 Å². The van der Waals surface area contributed by atoms with Crippen LogP contribution in [0, 0.1) is 5.82 Å². The molecule has 37 heavy (non-hydrogen) atoms. The van der Waals surface area contributed by atoms with Crippen LogP contribution in [-0.4, -0.2) is 28.8 Å². The fourth-order valence-electron chi connectivity index (χ4n) is 4.38. The third-order valence-corrected chi connectivity index (χ3v) is 6.74. The van der Waals surface area contributed by atoms with Crippen molar-refractivity contribution < 1.29 is 32.2 Å². The van der Waals surface area contributed by atoms with Crippen molar-refractivity contribution in [3.63, 3.8) is 0 Å². The third kappa shape index (κ3) is 4.49. The molecule has 2 unspecified atom stereocenters. The number of aliphatic hydroxyl groups is 1.